The molecule has 0 amide bonds. The van der Waals surface area contributed by atoms with E-state index in [1.165, 1.54) is 19.2 Å². The fourth-order valence-corrected chi connectivity index (χ4v) is 3.30. The molecule has 0 atom stereocenters. The van der Waals surface area contributed by atoms with Crippen LogP contribution in [0, 0.1) is 17.6 Å². The van der Waals surface area contributed by atoms with E-state index >= 15 is 0 Å². The summed E-state index contributed by atoms with van der Waals surface area (Å²) in [4.78, 5) is 13.6. The monoisotopic (exact) mass is 420 g/mol. The molecular weight excluding hydrogens is 398 g/mol. The number of fused-ring (bicyclic) bond motifs is 1. The predicted molar refractivity (Wildman–Crippen MR) is 118 cm³/mol. The molecule has 2 heterocycles. The Labute approximate surface area is 179 Å². The van der Waals surface area contributed by atoms with Gasteiger partial charge in [0.2, 0.25) is 0 Å². The highest BCUT2D eigenvalue weighted by atomic mass is 19.1. The van der Waals surface area contributed by atoms with Crippen LogP contribution in [0.25, 0.3) is 33.4 Å². The van der Waals surface area contributed by atoms with Gasteiger partial charge in [-0.1, -0.05) is 13.8 Å². The molecule has 0 fully saturated rings. The average molecular weight is 420 g/mol. The number of methoxy groups -OCH3 is 1. The summed E-state index contributed by atoms with van der Waals surface area (Å²) in [7, 11) is 1.54. The van der Waals surface area contributed by atoms with Gasteiger partial charge < -0.3 is 10.1 Å². The number of nitrogens with one attached hydrogen (secondary N) is 1. The second kappa shape index (κ2) is 8.63. The van der Waals surface area contributed by atoms with Gasteiger partial charge in [-0.05, 0) is 53.4 Å². The first-order chi connectivity index (χ1) is 14.9. The Balaban J connectivity index is 1.96. The highest BCUT2D eigenvalue weighted by Crippen LogP contribution is 2.36. The highest BCUT2D eigenvalue weighted by Gasteiger charge is 2.16. The van der Waals surface area contributed by atoms with Gasteiger partial charge in [-0.25, -0.2) is 18.7 Å². The van der Waals surface area contributed by atoms with Crippen LogP contribution in [0.2, 0.25) is 0 Å². The van der Waals surface area contributed by atoms with E-state index in [1.54, 1.807) is 18.5 Å². The largest absolute Gasteiger partial charge is 0.494 e. The molecule has 5 nitrogen and oxygen atoms in total. The zero-order chi connectivity index (χ0) is 22.0. The number of halogens is 2. The molecule has 0 unspecified atom stereocenters. The van der Waals surface area contributed by atoms with Gasteiger partial charge in [-0.3, -0.25) is 4.98 Å². The quantitative estimate of drug-likeness (QED) is 0.433. The van der Waals surface area contributed by atoms with Gasteiger partial charge in [0.25, 0.3) is 0 Å². The summed E-state index contributed by atoms with van der Waals surface area (Å²) in [6, 6.07) is 10.7. The van der Waals surface area contributed by atoms with Crippen LogP contribution in [-0.4, -0.2) is 28.6 Å². The van der Waals surface area contributed by atoms with Crippen LogP contribution in [0.3, 0.4) is 0 Å². The first-order valence-corrected chi connectivity index (χ1v) is 9.95. The highest BCUT2D eigenvalue weighted by molar-refractivity contribution is 5.97. The minimum atomic E-state index is -0.643. The van der Waals surface area contributed by atoms with Crippen LogP contribution in [0.4, 0.5) is 14.6 Å². The molecule has 0 aliphatic carbocycles. The summed E-state index contributed by atoms with van der Waals surface area (Å²) in [6.07, 6.45) is 3.39. The molecule has 0 radical (unpaired) electrons. The molecule has 158 valence electrons. The van der Waals surface area contributed by atoms with E-state index < -0.39 is 11.6 Å². The van der Waals surface area contributed by atoms with Crippen LogP contribution in [0.15, 0.2) is 54.9 Å². The fourth-order valence-electron chi connectivity index (χ4n) is 3.30. The van der Waals surface area contributed by atoms with Crippen molar-refractivity contribution in [1.29, 1.82) is 0 Å². The number of pyridine rings is 1. The molecular formula is C24H22F2N4O. The number of aromatic nitrogens is 3. The van der Waals surface area contributed by atoms with Gasteiger partial charge >= 0.3 is 0 Å². The third kappa shape index (κ3) is 4.45. The van der Waals surface area contributed by atoms with Crippen molar-refractivity contribution in [1.82, 2.24) is 15.0 Å². The average Bonchev–Trinajstić information content (AvgIpc) is 2.76. The lowest BCUT2D eigenvalue weighted by Crippen LogP contribution is -2.11. The first kappa shape index (κ1) is 20.7. The maximum absolute atomic E-state index is 13.8. The first-order valence-electron chi connectivity index (χ1n) is 9.95. The van der Waals surface area contributed by atoms with E-state index in [0.717, 1.165) is 11.6 Å². The molecule has 7 heteroatoms. The molecule has 4 rings (SSSR count). The Morgan fingerprint density at radius 1 is 0.968 bits per heavy atom. The molecule has 4 aromatic rings. The van der Waals surface area contributed by atoms with Crippen LogP contribution >= 0.6 is 0 Å². The van der Waals surface area contributed by atoms with E-state index in [1.807, 2.05) is 18.2 Å². The van der Waals surface area contributed by atoms with Gasteiger partial charge in [-0.2, -0.15) is 0 Å². The van der Waals surface area contributed by atoms with Gasteiger partial charge in [0.15, 0.2) is 5.82 Å². The Kier molecular flexibility index (Phi) is 5.75. The summed E-state index contributed by atoms with van der Waals surface area (Å²) in [5.74, 6) is 0.710. The van der Waals surface area contributed by atoms with Crippen molar-refractivity contribution >= 4 is 16.7 Å². The summed E-state index contributed by atoms with van der Waals surface area (Å²) >= 11 is 0. The molecule has 31 heavy (non-hydrogen) atoms. The normalized spacial score (nSPS) is 11.2. The van der Waals surface area contributed by atoms with E-state index in [-0.39, 0.29) is 0 Å². The standard InChI is InChI=1S/C24H22F2N4O/c1-14(2)12-28-24-20-9-17(16-7-18(25)11-19(26)8-16)10-21(31-3)22(20)29-23(30-24)15-5-4-6-27-13-15/h4-11,13-14H,12H2,1-3H3,(H,28,29,30). The molecule has 0 bridgehead atoms. The lowest BCUT2D eigenvalue weighted by Gasteiger charge is -2.16. The number of anilines is 1. The summed E-state index contributed by atoms with van der Waals surface area (Å²) < 4.78 is 33.3. The molecule has 2 aromatic heterocycles. The Morgan fingerprint density at radius 3 is 2.35 bits per heavy atom. The number of benzene rings is 2. The second-order valence-electron chi connectivity index (χ2n) is 7.65. The van der Waals surface area contributed by atoms with Crippen LogP contribution < -0.4 is 10.1 Å². The molecule has 0 aliphatic heterocycles. The smallest absolute Gasteiger partial charge is 0.163 e. The second-order valence-corrected chi connectivity index (χ2v) is 7.65. The molecule has 0 aliphatic rings. The summed E-state index contributed by atoms with van der Waals surface area (Å²) in [5.41, 5.74) is 2.38. The maximum Gasteiger partial charge on any atom is 0.163 e. The Bertz CT molecular complexity index is 1210. The van der Waals surface area contributed by atoms with Crippen LogP contribution in [0.5, 0.6) is 5.75 Å². The summed E-state index contributed by atoms with van der Waals surface area (Å²) in [5, 5.41) is 4.08. The fraction of sp³-hybridized carbons (Fsp3) is 0.208. The number of hydrogen-bond donors (Lipinski definition) is 1. The number of nitrogens with zero attached hydrogens (tertiary/aromatic N) is 3. The van der Waals surface area contributed by atoms with Crippen molar-refractivity contribution in [2.24, 2.45) is 5.92 Å². The molecule has 2 aromatic carbocycles. The molecule has 0 saturated heterocycles. The molecule has 0 saturated carbocycles. The van der Waals surface area contributed by atoms with Crippen LogP contribution in [0.1, 0.15) is 13.8 Å². The van der Waals surface area contributed by atoms with Gasteiger partial charge in [0, 0.05) is 36.0 Å². The molecule has 0 spiro atoms. The van der Waals surface area contributed by atoms with E-state index in [2.05, 4.69) is 24.1 Å². The van der Waals surface area contributed by atoms with Crippen molar-refractivity contribution in [3.05, 3.63) is 66.5 Å². The lowest BCUT2D eigenvalue weighted by atomic mass is 10.0. The van der Waals surface area contributed by atoms with Gasteiger partial charge in [0.1, 0.15) is 28.7 Å². The molecule has 1 N–H and O–H groups in total. The van der Waals surface area contributed by atoms with Gasteiger partial charge in [0.05, 0.1) is 7.11 Å². The third-order valence-corrected chi connectivity index (χ3v) is 4.78. The Hall–Kier alpha value is -3.61. The summed E-state index contributed by atoms with van der Waals surface area (Å²) in [6.45, 7) is 4.89. The van der Waals surface area contributed by atoms with Crippen molar-refractivity contribution in [2.75, 3.05) is 19.0 Å². The van der Waals surface area contributed by atoms with Crippen LogP contribution in [-0.2, 0) is 0 Å². The van der Waals surface area contributed by atoms with Crippen molar-refractivity contribution in [3.63, 3.8) is 0 Å². The minimum absolute atomic E-state index is 0.384. The maximum atomic E-state index is 13.8. The number of ether oxygens (including phenoxy) is 1. The zero-order valence-corrected chi connectivity index (χ0v) is 17.5. The minimum Gasteiger partial charge on any atom is -0.494 e. The lowest BCUT2D eigenvalue weighted by molar-refractivity contribution is 0.419. The van der Waals surface area contributed by atoms with E-state index in [9.17, 15) is 8.78 Å². The van der Waals surface area contributed by atoms with Crippen molar-refractivity contribution < 1.29 is 13.5 Å². The number of hydrogen-bond acceptors (Lipinski definition) is 5. The third-order valence-electron chi connectivity index (χ3n) is 4.78. The predicted octanol–water partition coefficient (Wildman–Crippen LogP) is 5.71. The van der Waals surface area contributed by atoms with E-state index in [4.69, 9.17) is 14.7 Å². The van der Waals surface area contributed by atoms with E-state index in [0.29, 0.717) is 51.9 Å². The zero-order valence-electron chi connectivity index (χ0n) is 17.5. The Morgan fingerprint density at radius 2 is 1.71 bits per heavy atom. The SMILES string of the molecule is COc1cc(-c2cc(F)cc(F)c2)cc2c(NCC(C)C)nc(-c3cccnc3)nc12. The number of rotatable bonds is 6. The topological polar surface area (TPSA) is 59.9 Å². The van der Waals surface area contributed by atoms with Crippen molar-refractivity contribution in [2.45, 2.75) is 13.8 Å². The van der Waals surface area contributed by atoms with Crippen molar-refractivity contribution in [3.8, 4) is 28.3 Å². The van der Waals surface area contributed by atoms with Gasteiger partial charge in [-0.15, -0.1) is 0 Å².